The molecule has 0 bridgehead atoms. The largest absolute Gasteiger partial charge is 0.453 e. The quantitative estimate of drug-likeness (QED) is 0.467. The first kappa shape index (κ1) is 22.1. The van der Waals surface area contributed by atoms with E-state index in [0.717, 1.165) is 10.2 Å². The van der Waals surface area contributed by atoms with Crippen molar-refractivity contribution in [2.45, 2.75) is 6.54 Å². The third-order valence-corrected chi connectivity index (χ3v) is 5.09. The van der Waals surface area contributed by atoms with Gasteiger partial charge in [-0.1, -0.05) is 53.5 Å². The average molecular weight is 482 g/mol. The number of halogens is 2. The van der Waals surface area contributed by atoms with E-state index < -0.39 is 16.9 Å². The van der Waals surface area contributed by atoms with Gasteiger partial charge in [0.1, 0.15) is 11.8 Å². The van der Waals surface area contributed by atoms with E-state index in [0.29, 0.717) is 12.3 Å². The van der Waals surface area contributed by atoms with Gasteiger partial charge in [-0.25, -0.2) is 4.79 Å². The minimum Gasteiger partial charge on any atom is -0.453 e. The second kappa shape index (κ2) is 9.16. The van der Waals surface area contributed by atoms with Gasteiger partial charge in [-0.05, 0) is 23.8 Å². The highest BCUT2D eigenvalue weighted by Gasteiger charge is 2.15. The minimum atomic E-state index is -0.901. The summed E-state index contributed by atoms with van der Waals surface area (Å²) < 4.78 is 8.09. The molecule has 9 nitrogen and oxygen atoms in total. The van der Waals surface area contributed by atoms with Crippen LogP contribution in [0.25, 0.3) is 5.69 Å². The fourth-order valence-corrected chi connectivity index (χ4v) is 3.56. The molecule has 0 saturated heterocycles. The molecule has 0 saturated carbocycles. The molecule has 2 aromatic carbocycles. The zero-order valence-corrected chi connectivity index (χ0v) is 18.2. The van der Waals surface area contributed by atoms with Crippen LogP contribution in [0.2, 0.25) is 10.0 Å². The molecule has 0 unspecified atom stereocenters. The first-order valence-corrected chi connectivity index (χ1v) is 10.2. The van der Waals surface area contributed by atoms with Gasteiger partial charge in [0.25, 0.3) is 11.1 Å². The van der Waals surface area contributed by atoms with Gasteiger partial charge in [-0.3, -0.25) is 14.6 Å². The van der Waals surface area contributed by atoms with Gasteiger partial charge in [0.2, 0.25) is 5.69 Å². The van der Waals surface area contributed by atoms with Crippen molar-refractivity contribution in [3.63, 3.8) is 0 Å². The van der Waals surface area contributed by atoms with Crippen LogP contribution in [0, 0.1) is 11.3 Å². The Morgan fingerprint density at radius 3 is 2.39 bits per heavy atom. The van der Waals surface area contributed by atoms with Gasteiger partial charge < -0.3 is 9.30 Å². The van der Waals surface area contributed by atoms with Crippen LogP contribution in [-0.4, -0.2) is 19.3 Å². The van der Waals surface area contributed by atoms with E-state index in [1.54, 1.807) is 6.07 Å². The predicted octanol–water partition coefficient (Wildman–Crippen LogP) is 3.10. The van der Waals surface area contributed by atoms with E-state index in [1.165, 1.54) is 35.0 Å². The lowest BCUT2D eigenvalue weighted by Crippen LogP contribution is -2.33. The van der Waals surface area contributed by atoms with Gasteiger partial charge in [0.05, 0.1) is 28.5 Å². The lowest BCUT2D eigenvalue weighted by Gasteiger charge is -2.13. The number of ether oxygens (including phenoxy) is 1. The van der Waals surface area contributed by atoms with Crippen molar-refractivity contribution in [3.05, 3.63) is 113 Å². The number of rotatable bonds is 5. The number of pyridine rings is 1. The second-order valence-electron chi connectivity index (χ2n) is 6.79. The van der Waals surface area contributed by atoms with Crippen LogP contribution in [0.1, 0.15) is 11.3 Å². The predicted molar refractivity (Wildman–Crippen MR) is 122 cm³/mol. The number of H-pyrrole nitrogens is 1. The van der Waals surface area contributed by atoms with Crippen molar-refractivity contribution in [1.82, 2.24) is 19.3 Å². The number of benzene rings is 2. The molecule has 0 aliphatic carbocycles. The summed E-state index contributed by atoms with van der Waals surface area (Å²) in [6.45, 7) is 0.347. The fraction of sp³-hybridized carbons (Fsp3) is 0.0455. The van der Waals surface area contributed by atoms with Gasteiger partial charge in [-0.2, -0.15) is 9.94 Å². The molecule has 0 fully saturated rings. The first-order valence-electron chi connectivity index (χ1n) is 9.41. The van der Waals surface area contributed by atoms with E-state index >= 15 is 0 Å². The lowest BCUT2D eigenvalue weighted by molar-refractivity contribution is 0.474. The summed E-state index contributed by atoms with van der Waals surface area (Å²) in [6.07, 6.45) is 1.53. The number of nitriles is 1. The Hall–Kier alpha value is -4.13. The molecule has 164 valence electrons. The monoisotopic (exact) mass is 481 g/mol. The molecule has 11 heteroatoms. The highest BCUT2D eigenvalue weighted by atomic mass is 35.5. The minimum absolute atomic E-state index is 0.0386. The Morgan fingerprint density at radius 2 is 1.73 bits per heavy atom. The maximum Gasteiger partial charge on any atom is 0.349 e. The van der Waals surface area contributed by atoms with Crippen molar-refractivity contribution < 1.29 is 4.74 Å². The van der Waals surface area contributed by atoms with Crippen LogP contribution < -0.4 is 21.5 Å². The summed E-state index contributed by atoms with van der Waals surface area (Å²) in [5.74, 6) is 0.401. The highest BCUT2D eigenvalue weighted by Crippen LogP contribution is 2.37. The zero-order valence-electron chi connectivity index (χ0n) is 16.7. The van der Waals surface area contributed by atoms with Crippen LogP contribution >= 0.6 is 23.2 Å². The van der Waals surface area contributed by atoms with Crippen LogP contribution in [0.15, 0.2) is 75.2 Å². The first-order chi connectivity index (χ1) is 15.9. The van der Waals surface area contributed by atoms with E-state index in [4.69, 9.17) is 33.2 Å². The Kier molecular flexibility index (Phi) is 6.13. The number of hydrogen-bond donors (Lipinski definition) is 1. The molecule has 0 aliphatic heterocycles. The molecule has 0 aliphatic rings. The summed E-state index contributed by atoms with van der Waals surface area (Å²) in [4.78, 5) is 37.9. The maximum atomic E-state index is 12.2. The van der Waals surface area contributed by atoms with Crippen molar-refractivity contribution >= 4 is 23.2 Å². The van der Waals surface area contributed by atoms with Crippen LogP contribution in [-0.2, 0) is 6.54 Å². The Morgan fingerprint density at radius 1 is 1.03 bits per heavy atom. The maximum absolute atomic E-state index is 12.2. The van der Waals surface area contributed by atoms with Gasteiger partial charge in [0, 0.05) is 6.07 Å². The average Bonchev–Trinajstić information content (AvgIpc) is 2.79. The second-order valence-corrected chi connectivity index (χ2v) is 7.60. The number of nitrogens with one attached hydrogen (secondary N) is 1. The highest BCUT2D eigenvalue weighted by molar-refractivity contribution is 6.37. The van der Waals surface area contributed by atoms with Crippen molar-refractivity contribution in [1.29, 1.82) is 5.26 Å². The lowest BCUT2D eigenvalue weighted by atomic mass is 10.2. The summed E-state index contributed by atoms with van der Waals surface area (Å²) in [6, 6.07) is 16.6. The Balaban J connectivity index is 1.68. The molecule has 4 rings (SSSR count). The zero-order chi connectivity index (χ0) is 23.5. The molecule has 0 atom stereocenters. The summed E-state index contributed by atoms with van der Waals surface area (Å²) in [5, 5.41) is 12.8. The van der Waals surface area contributed by atoms with Gasteiger partial charge in [-0.15, -0.1) is 5.10 Å². The number of nitrogens with zero attached hydrogens (tertiary/aromatic N) is 4. The smallest absolute Gasteiger partial charge is 0.349 e. The number of hydrogen-bond acceptors (Lipinski definition) is 6. The van der Waals surface area contributed by atoms with E-state index in [2.05, 4.69) is 5.10 Å². The standard InChI is InChI=1S/C22H13Cl2N5O4/c23-16-8-14(29-22(32)26-21(31)18(10-25)27-29)9-17(24)20(16)33-15-6-7-19(30)28(12-15)11-13-4-2-1-3-5-13/h1-9,12H,11H2,(H,26,31,32). The summed E-state index contributed by atoms with van der Waals surface area (Å²) in [7, 11) is 0. The SMILES string of the molecule is N#Cc1nn(-c2cc(Cl)c(Oc3ccc(=O)n(Cc4ccccc4)c3)c(Cl)c2)c(=O)[nH]c1=O. The molecular weight excluding hydrogens is 469 g/mol. The fourth-order valence-electron chi connectivity index (χ4n) is 3.01. The van der Waals surface area contributed by atoms with E-state index in [1.807, 2.05) is 35.3 Å². The van der Waals surface area contributed by atoms with Crippen molar-refractivity contribution in [2.24, 2.45) is 0 Å². The van der Waals surface area contributed by atoms with E-state index in [9.17, 15) is 14.4 Å². The van der Waals surface area contributed by atoms with Crippen LogP contribution in [0.3, 0.4) is 0 Å². The molecule has 0 spiro atoms. The topological polar surface area (TPSA) is 123 Å². The molecule has 2 heterocycles. The molecule has 2 aromatic heterocycles. The normalized spacial score (nSPS) is 10.6. The van der Waals surface area contributed by atoms with Crippen LogP contribution in [0.5, 0.6) is 11.5 Å². The van der Waals surface area contributed by atoms with E-state index in [-0.39, 0.29) is 27.0 Å². The number of aromatic nitrogens is 4. The van der Waals surface area contributed by atoms with Crippen LogP contribution in [0.4, 0.5) is 0 Å². The molecule has 33 heavy (non-hydrogen) atoms. The van der Waals surface area contributed by atoms with Crippen molar-refractivity contribution in [2.75, 3.05) is 0 Å². The summed E-state index contributed by atoms with van der Waals surface area (Å²) >= 11 is 12.7. The third-order valence-electron chi connectivity index (χ3n) is 4.53. The Bertz CT molecular complexity index is 1550. The molecule has 1 N–H and O–H groups in total. The third kappa shape index (κ3) is 4.72. The number of aromatic amines is 1. The molecule has 0 radical (unpaired) electrons. The molecular formula is C22H13Cl2N5O4. The van der Waals surface area contributed by atoms with Crippen molar-refractivity contribution in [3.8, 4) is 23.3 Å². The summed E-state index contributed by atoms with van der Waals surface area (Å²) in [5.41, 5.74) is -1.43. The van der Waals surface area contributed by atoms with Gasteiger partial charge >= 0.3 is 5.69 Å². The Labute approximate surface area is 195 Å². The van der Waals surface area contributed by atoms with Gasteiger partial charge in [0.15, 0.2) is 5.75 Å². The molecule has 0 amide bonds. The molecule has 4 aromatic rings.